The minimum absolute atomic E-state index is 0.0321. The lowest BCUT2D eigenvalue weighted by Crippen LogP contribution is -2.37. The maximum absolute atomic E-state index is 13.8. The van der Waals surface area contributed by atoms with Crippen LogP contribution in [0.25, 0.3) is 0 Å². The highest BCUT2D eigenvalue weighted by atomic mass is 32.1. The Morgan fingerprint density at radius 3 is 2.69 bits per heavy atom. The average molecular weight is 415 g/mol. The quantitative estimate of drug-likeness (QED) is 0.774. The van der Waals surface area contributed by atoms with E-state index in [4.69, 9.17) is 0 Å². The molecule has 2 aliphatic rings. The van der Waals surface area contributed by atoms with Gasteiger partial charge in [-0.2, -0.15) is 0 Å². The molecule has 0 bridgehead atoms. The van der Waals surface area contributed by atoms with Crippen LogP contribution < -0.4 is 4.90 Å². The summed E-state index contributed by atoms with van der Waals surface area (Å²) in [6.45, 7) is 0.995. The Labute approximate surface area is 172 Å². The van der Waals surface area contributed by atoms with Gasteiger partial charge in [-0.15, -0.1) is 11.3 Å². The number of amides is 3. The van der Waals surface area contributed by atoms with Crippen molar-refractivity contribution in [1.29, 1.82) is 0 Å². The molecule has 152 valence electrons. The minimum Gasteiger partial charge on any atom is -0.337 e. The molecule has 0 saturated heterocycles. The molecular formula is C21H22FN3O3S. The molecule has 1 aromatic carbocycles. The number of carbonyl (C=O) groups excluding carboxylic acids is 3. The SMILES string of the molecule is CN1CC(=O)N(C)c2sc3c(c2C1=O)CCN(C(=O)CCc1ccccc1F)C3. The van der Waals surface area contributed by atoms with Crippen molar-refractivity contribution in [3.63, 3.8) is 0 Å². The van der Waals surface area contributed by atoms with E-state index in [1.807, 2.05) is 0 Å². The number of thiophene rings is 1. The monoisotopic (exact) mass is 415 g/mol. The van der Waals surface area contributed by atoms with Crippen molar-refractivity contribution in [1.82, 2.24) is 9.80 Å². The van der Waals surface area contributed by atoms with Crippen LogP contribution in [0.15, 0.2) is 24.3 Å². The number of likely N-dealkylation sites (N-methyl/N-ethyl adjacent to an activating group) is 2. The summed E-state index contributed by atoms with van der Waals surface area (Å²) in [4.78, 5) is 43.5. The smallest absolute Gasteiger partial charge is 0.257 e. The summed E-state index contributed by atoms with van der Waals surface area (Å²) in [7, 11) is 3.32. The second-order valence-electron chi connectivity index (χ2n) is 7.45. The molecule has 1 aromatic heterocycles. The van der Waals surface area contributed by atoms with E-state index in [9.17, 15) is 18.8 Å². The van der Waals surface area contributed by atoms with Gasteiger partial charge in [-0.05, 0) is 30.0 Å². The van der Waals surface area contributed by atoms with E-state index in [1.54, 1.807) is 42.1 Å². The van der Waals surface area contributed by atoms with E-state index >= 15 is 0 Å². The van der Waals surface area contributed by atoms with Crippen molar-refractivity contribution in [3.05, 3.63) is 51.7 Å². The fourth-order valence-corrected chi connectivity index (χ4v) is 5.18. The van der Waals surface area contributed by atoms with Gasteiger partial charge in [0.1, 0.15) is 17.4 Å². The summed E-state index contributed by atoms with van der Waals surface area (Å²) in [5.41, 5.74) is 2.08. The number of hydrogen-bond donors (Lipinski definition) is 0. The minimum atomic E-state index is -0.293. The van der Waals surface area contributed by atoms with Gasteiger partial charge in [0.05, 0.1) is 12.1 Å². The Balaban J connectivity index is 1.52. The van der Waals surface area contributed by atoms with Crippen LogP contribution in [0, 0.1) is 5.82 Å². The molecule has 3 amide bonds. The van der Waals surface area contributed by atoms with E-state index in [1.165, 1.54) is 22.3 Å². The van der Waals surface area contributed by atoms with E-state index in [-0.39, 0.29) is 36.5 Å². The lowest BCUT2D eigenvalue weighted by molar-refractivity contribution is -0.132. The molecule has 2 aliphatic heterocycles. The van der Waals surface area contributed by atoms with Crippen molar-refractivity contribution in [2.75, 3.05) is 32.1 Å². The number of benzene rings is 1. The van der Waals surface area contributed by atoms with E-state index < -0.39 is 0 Å². The molecule has 3 heterocycles. The van der Waals surface area contributed by atoms with Crippen molar-refractivity contribution in [2.45, 2.75) is 25.8 Å². The summed E-state index contributed by atoms with van der Waals surface area (Å²) in [5.74, 6) is -0.598. The zero-order chi connectivity index (χ0) is 20.7. The standard InChI is InChI=1S/C21H22FN3O3S/c1-23-12-18(27)24(2)21-19(20(23)28)14-9-10-25(11-16(14)29-21)17(26)8-7-13-5-3-4-6-15(13)22/h3-6H,7-12H2,1-2H3. The average Bonchev–Trinajstić information content (AvgIpc) is 3.06. The normalized spacial score (nSPS) is 16.6. The zero-order valence-electron chi connectivity index (χ0n) is 16.4. The highest BCUT2D eigenvalue weighted by Crippen LogP contribution is 2.40. The van der Waals surface area contributed by atoms with Gasteiger partial charge in [-0.1, -0.05) is 18.2 Å². The van der Waals surface area contributed by atoms with Crippen molar-refractivity contribution >= 4 is 34.1 Å². The number of aryl methyl sites for hydroxylation is 1. The van der Waals surface area contributed by atoms with E-state index in [0.717, 1.165) is 10.4 Å². The van der Waals surface area contributed by atoms with Gasteiger partial charge in [-0.3, -0.25) is 14.4 Å². The number of fused-ring (bicyclic) bond motifs is 3. The highest BCUT2D eigenvalue weighted by molar-refractivity contribution is 7.17. The molecule has 29 heavy (non-hydrogen) atoms. The third kappa shape index (κ3) is 3.53. The molecule has 0 atom stereocenters. The number of halogens is 1. The lowest BCUT2D eigenvalue weighted by atomic mass is 10.0. The molecule has 0 aliphatic carbocycles. The summed E-state index contributed by atoms with van der Waals surface area (Å²) in [6, 6.07) is 6.49. The number of anilines is 1. The van der Waals surface area contributed by atoms with Gasteiger partial charge in [0, 0.05) is 31.9 Å². The Kier molecular flexibility index (Phi) is 5.12. The zero-order valence-corrected chi connectivity index (χ0v) is 17.2. The molecular weight excluding hydrogens is 393 g/mol. The third-order valence-corrected chi connectivity index (χ3v) is 6.86. The predicted molar refractivity (Wildman–Crippen MR) is 109 cm³/mol. The molecule has 4 rings (SSSR count). The molecule has 2 aromatic rings. The first-order valence-corrected chi connectivity index (χ1v) is 10.4. The van der Waals surface area contributed by atoms with Crippen LogP contribution in [0.4, 0.5) is 9.39 Å². The molecule has 0 spiro atoms. The molecule has 0 saturated carbocycles. The van der Waals surface area contributed by atoms with Gasteiger partial charge in [-0.25, -0.2) is 4.39 Å². The molecule has 0 radical (unpaired) electrons. The van der Waals surface area contributed by atoms with Gasteiger partial charge >= 0.3 is 0 Å². The lowest BCUT2D eigenvalue weighted by Gasteiger charge is -2.27. The Hall–Kier alpha value is -2.74. The fourth-order valence-electron chi connectivity index (χ4n) is 3.84. The van der Waals surface area contributed by atoms with Crippen LogP contribution >= 0.6 is 11.3 Å². The van der Waals surface area contributed by atoms with Crippen LogP contribution in [0.2, 0.25) is 0 Å². The Morgan fingerprint density at radius 1 is 1.17 bits per heavy atom. The maximum Gasteiger partial charge on any atom is 0.257 e. The van der Waals surface area contributed by atoms with Gasteiger partial charge in [0.25, 0.3) is 5.91 Å². The first-order valence-electron chi connectivity index (χ1n) is 9.54. The largest absolute Gasteiger partial charge is 0.337 e. The Bertz CT molecular complexity index is 1000. The van der Waals surface area contributed by atoms with Gasteiger partial charge < -0.3 is 14.7 Å². The first kappa shape index (κ1) is 19.6. The van der Waals surface area contributed by atoms with E-state index in [2.05, 4.69) is 0 Å². The summed E-state index contributed by atoms with van der Waals surface area (Å²) < 4.78 is 13.8. The second kappa shape index (κ2) is 7.59. The predicted octanol–water partition coefficient (Wildman–Crippen LogP) is 2.45. The summed E-state index contributed by atoms with van der Waals surface area (Å²) in [6.07, 6.45) is 1.17. The van der Waals surface area contributed by atoms with Gasteiger partial charge in [0.15, 0.2) is 0 Å². The maximum atomic E-state index is 13.8. The summed E-state index contributed by atoms with van der Waals surface area (Å²) in [5, 5.41) is 0.662. The number of nitrogens with zero attached hydrogens (tertiary/aromatic N) is 3. The molecule has 0 N–H and O–H groups in total. The highest BCUT2D eigenvalue weighted by Gasteiger charge is 2.36. The van der Waals surface area contributed by atoms with Crippen molar-refractivity contribution in [2.24, 2.45) is 0 Å². The molecule has 8 heteroatoms. The van der Waals surface area contributed by atoms with Crippen LogP contribution in [0.3, 0.4) is 0 Å². The fraction of sp³-hybridized carbons (Fsp3) is 0.381. The van der Waals surface area contributed by atoms with Crippen LogP contribution in [0.1, 0.15) is 32.8 Å². The van der Waals surface area contributed by atoms with Crippen molar-refractivity contribution in [3.8, 4) is 0 Å². The topological polar surface area (TPSA) is 60.9 Å². The van der Waals surface area contributed by atoms with E-state index in [0.29, 0.717) is 42.1 Å². The second-order valence-corrected chi connectivity index (χ2v) is 8.54. The molecule has 0 fully saturated rings. The third-order valence-electron chi connectivity index (χ3n) is 5.57. The molecule has 6 nitrogen and oxygen atoms in total. The summed E-state index contributed by atoms with van der Waals surface area (Å²) >= 11 is 1.41. The van der Waals surface area contributed by atoms with Crippen LogP contribution in [0.5, 0.6) is 0 Å². The molecule has 0 unspecified atom stereocenters. The number of hydrogen-bond acceptors (Lipinski definition) is 4. The van der Waals surface area contributed by atoms with Crippen LogP contribution in [-0.4, -0.2) is 54.7 Å². The number of rotatable bonds is 3. The van der Waals surface area contributed by atoms with Crippen LogP contribution in [-0.2, 0) is 29.0 Å². The first-order chi connectivity index (χ1) is 13.9. The van der Waals surface area contributed by atoms with Crippen molar-refractivity contribution < 1.29 is 18.8 Å². The van der Waals surface area contributed by atoms with Gasteiger partial charge in [0.2, 0.25) is 11.8 Å². The Morgan fingerprint density at radius 2 is 1.93 bits per heavy atom. The number of carbonyl (C=O) groups is 3.